The van der Waals surface area contributed by atoms with Crippen LogP contribution in [0.5, 0.6) is 0 Å². The highest BCUT2D eigenvalue weighted by atomic mass is 32.2. The number of thioether (sulfide) groups is 1. The molecule has 0 saturated heterocycles. The Bertz CT molecular complexity index is 1270. The number of benzene rings is 1. The Hall–Kier alpha value is -1.75. The molecule has 2 atom stereocenters. The summed E-state index contributed by atoms with van der Waals surface area (Å²) in [6.45, 7) is 9.70. The Labute approximate surface area is 263 Å². The van der Waals surface area contributed by atoms with Crippen LogP contribution in [0.15, 0.2) is 36.9 Å². The minimum Gasteiger partial charge on any atom is -0.382 e. The summed E-state index contributed by atoms with van der Waals surface area (Å²) in [4.78, 5) is 22.5. The predicted molar refractivity (Wildman–Crippen MR) is 183 cm³/mol. The molecule has 0 saturated carbocycles. The molecule has 12 heteroatoms. The maximum absolute atomic E-state index is 12.3. The van der Waals surface area contributed by atoms with Crippen molar-refractivity contribution in [1.82, 2.24) is 19.5 Å². The van der Waals surface area contributed by atoms with Gasteiger partial charge in [0, 0.05) is 0 Å². The van der Waals surface area contributed by atoms with Gasteiger partial charge in [0.05, 0.1) is 33.7 Å². The highest BCUT2D eigenvalue weighted by Crippen LogP contribution is 2.42. The van der Waals surface area contributed by atoms with E-state index in [1.54, 1.807) is 16.1 Å². The number of aryl methyl sites for hydroxylation is 1. The van der Waals surface area contributed by atoms with Crippen LogP contribution < -0.4 is 10.9 Å². The molecule has 2 heterocycles. The van der Waals surface area contributed by atoms with Crippen LogP contribution in [-0.2, 0) is 26.8 Å². The van der Waals surface area contributed by atoms with Crippen molar-refractivity contribution in [2.45, 2.75) is 103 Å². The molecule has 3 aromatic rings. The molecule has 1 unspecified atom stereocenters. The highest BCUT2D eigenvalue weighted by molar-refractivity contribution is 7.99. The van der Waals surface area contributed by atoms with Crippen LogP contribution in [0.25, 0.3) is 11.2 Å². The van der Waals surface area contributed by atoms with Crippen molar-refractivity contribution in [3.63, 3.8) is 0 Å². The van der Waals surface area contributed by atoms with Gasteiger partial charge >= 0.3 is 7.60 Å². The molecule has 0 amide bonds. The van der Waals surface area contributed by atoms with E-state index < -0.39 is 15.7 Å². The van der Waals surface area contributed by atoms with Crippen molar-refractivity contribution < 1.29 is 18.7 Å². The number of ether oxygens (including phenoxy) is 1. The predicted octanol–water partition coefficient (Wildman–Crippen LogP) is 7.01. The Kier molecular flexibility index (Phi) is 15.2. The number of aromatic nitrogens is 4. The number of nitrogens with zero attached hydrogens (tertiary/aromatic N) is 4. The van der Waals surface area contributed by atoms with Crippen molar-refractivity contribution in [2.75, 3.05) is 30.2 Å². The minimum absolute atomic E-state index is 0.255. The number of rotatable bonds is 22. The molecule has 0 aliphatic carbocycles. The molecular formula is C31H52N5O4PSSi. The van der Waals surface area contributed by atoms with E-state index in [9.17, 15) is 9.46 Å². The van der Waals surface area contributed by atoms with Gasteiger partial charge in [-0.25, -0.2) is 15.0 Å². The fourth-order valence-electron chi connectivity index (χ4n) is 4.86. The Morgan fingerprint density at radius 2 is 1.60 bits per heavy atom. The quantitative estimate of drug-likeness (QED) is 0.0672. The molecule has 0 aliphatic rings. The van der Waals surface area contributed by atoms with Crippen LogP contribution in [0.1, 0.15) is 70.3 Å². The van der Waals surface area contributed by atoms with E-state index in [2.05, 4.69) is 58.9 Å². The summed E-state index contributed by atoms with van der Waals surface area (Å²) >= 11 is 1.89. The molecule has 9 nitrogen and oxygen atoms in total. The molecular weight excluding hydrogens is 597 g/mol. The maximum Gasteiger partial charge on any atom is 0.353 e. The van der Waals surface area contributed by atoms with Gasteiger partial charge in [-0.3, -0.25) is 4.57 Å². The first-order valence-corrected chi connectivity index (χ1v) is 22.1. The number of hydrogen-bond acceptors (Lipinski definition) is 8. The molecule has 2 aromatic heterocycles. The van der Waals surface area contributed by atoms with Crippen molar-refractivity contribution in [3.8, 4) is 0 Å². The van der Waals surface area contributed by atoms with Gasteiger partial charge in [0.25, 0.3) is 0 Å². The van der Waals surface area contributed by atoms with Gasteiger partial charge in [0.2, 0.25) is 0 Å². The molecule has 0 bridgehead atoms. The van der Waals surface area contributed by atoms with E-state index in [-0.39, 0.29) is 19.1 Å². The third-order valence-corrected chi connectivity index (χ3v) is 11.7. The molecule has 0 radical (unpaired) electrons. The summed E-state index contributed by atoms with van der Waals surface area (Å²) in [6, 6.07) is 9.37. The van der Waals surface area contributed by atoms with Crippen LogP contribution in [0.4, 0.5) is 5.82 Å². The zero-order chi connectivity index (χ0) is 31.1. The maximum atomic E-state index is 12.3. The lowest BCUT2D eigenvalue weighted by Gasteiger charge is -2.17. The normalized spacial score (nSPS) is 14.3. The smallest absolute Gasteiger partial charge is 0.353 e. The van der Waals surface area contributed by atoms with Crippen LogP contribution in [0.2, 0.25) is 19.6 Å². The number of unbranched alkanes of at least 4 members (excludes halogenated alkanes) is 7. The van der Waals surface area contributed by atoms with Gasteiger partial charge in [0.1, 0.15) is 18.2 Å². The molecule has 0 aliphatic heterocycles. The van der Waals surface area contributed by atoms with Crippen LogP contribution in [-0.4, -0.2) is 63.1 Å². The van der Waals surface area contributed by atoms with E-state index >= 15 is 0 Å². The number of anilines is 1. The standard InChI is InChI=1S/C31H52N5O4PSSi/c1-26(22-36-24-35-29-30(32)33-23-34-31(29)36)39-25-41(37,38)40-19-13-21-42-20-12-10-8-6-5-7-9-11-14-27-15-17-28(18-16-27)43(2,3)4/h15-18,23-24,26H,5-14,19-22,25H2,1-4H3,(H,37,38)(H2,32,33,34)/t26-/m1/s1. The van der Waals surface area contributed by atoms with Crippen LogP contribution in [0.3, 0.4) is 0 Å². The van der Waals surface area contributed by atoms with E-state index in [0.717, 1.165) is 17.9 Å². The Morgan fingerprint density at radius 3 is 2.30 bits per heavy atom. The summed E-state index contributed by atoms with van der Waals surface area (Å²) in [5.74, 6) is 2.38. The molecule has 1 aromatic carbocycles. The minimum atomic E-state index is -3.80. The summed E-state index contributed by atoms with van der Waals surface area (Å²) in [5.41, 5.74) is 8.43. The molecule has 3 rings (SSSR count). The Morgan fingerprint density at radius 1 is 0.953 bits per heavy atom. The second kappa shape index (κ2) is 18.3. The lowest BCUT2D eigenvalue weighted by Crippen LogP contribution is -2.37. The first-order valence-electron chi connectivity index (χ1n) is 15.7. The Balaban J connectivity index is 1.11. The first-order chi connectivity index (χ1) is 20.5. The third-order valence-electron chi connectivity index (χ3n) is 7.46. The van der Waals surface area contributed by atoms with E-state index in [1.165, 1.54) is 69.7 Å². The fraction of sp³-hybridized carbons (Fsp3) is 0.645. The molecule has 43 heavy (non-hydrogen) atoms. The lowest BCUT2D eigenvalue weighted by molar-refractivity contribution is 0.0718. The second-order valence-corrected chi connectivity index (χ2v) is 20.5. The summed E-state index contributed by atoms with van der Waals surface area (Å²) < 4.78 is 25.0. The topological polar surface area (TPSA) is 125 Å². The van der Waals surface area contributed by atoms with Gasteiger partial charge in [0.15, 0.2) is 11.5 Å². The summed E-state index contributed by atoms with van der Waals surface area (Å²) in [5, 5.41) is 1.55. The van der Waals surface area contributed by atoms with E-state index in [4.69, 9.17) is 15.0 Å². The van der Waals surface area contributed by atoms with Crippen LogP contribution >= 0.6 is 19.4 Å². The van der Waals surface area contributed by atoms with E-state index in [0.29, 0.717) is 23.5 Å². The zero-order valence-electron chi connectivity index (χ0n) is 26.5. The first kappa shape index (κ1) is 35.7. The van der Waals surface area contributed by atoms with E-state index in [1.807, 2.05) is 18.7 Å². The van der Waals surface area contributed by atoms with Gasteiger partial charge in [-0.15, -0.1) is 0 Å². The monoisotopic (exact) mass is 649 g/mol. The van der Waals surface area contributed by atoms with Crippen LogP contribution in [0, 0.1) is 0 Å². The number of fused-ring (bicyclic) bond motifs is 1. The highest BCUT2D eigenvalue weighted by Gasteiger charge is 2.22. The fourth-order valence-corrected chi connectivity index (χ4v) is 7.89. The van der Waals surface area contributed by atoms with Crippen molar-refractivity contribution in [1.29, 1.82) is 0 Å². The molecule has 0 spiro atoms. The molecule has 240 valence electrons. The number of imidazole rings is 1. The van der Waals surface area contributed by atoms with Crippen molar-refractivity contribution >= 4 is 49.6 Å². The number of hydrogen-bond donors (Lipinski definition) is 2. The SMILES string of the molecule is C[C@H](Cn1cnc2c(N)ncnc21)OCP(=O)(O)OCCCSCCCCCCCCCCc1ccc([Si](C)(C)C)cc1. The zero-order valence-corrected chi connectivity index (χ0v) is 29.3. The average molecular weight is 650 g/mol. The second-order valence-electron chi connectivity index (χ2n) is 12.4. The average Bonchev–Trinajstić information content (AvgIpc) is 3.37. The molecule has 3 N–H and O–H groups in total. The number of nitrogens with two attached hydrogens (primary N) is 1. The summed E-state index contributed by atoms with van der Waals surface area (Å²) in [6.07, 6.45) is 14.7. The van der Waals surface area contributed by atoms with Crippen molar-refractivity contribution in [2.24, 2.45) is 0 Å². The van der Waals surface area contributed by atoms with Gasteiger partial charge in [-0.1, -0.05) is 87.6 Å². The van der Waals surface area contributed by atoms with Crippen molar-refractivity contribution in [3.05, 3.63) is 42.5 Å². The molecule has 0 fully saturated rings. The van der Waals surface area contributed by atoms with Gasteiger partial charge < -0.3 is 24.5 Å². The lowest BCUT2D eigenvalue weighted by atomic mass is 10.0. The number of nitrogen functional groups attached to an aromatic ring is 1. The van der Waals surface area contributed by atoms with Gasteiger partial charge in [-0.2, -0.15) is 11.8 Å². The largest absolute Gasteiger partial charge is 0.382 e. The third kappa shape index (κ3) is 13.4. The van der Waals surface area contributed by atoms with Gasteiger partial charge in [-0.05, 0) is 49.7 Å². The summed E-state index contributed by atoms with van der Waals surface area (Å²) in [7, 11) is -4.99.